The summed E-state index contributed by atoms with van der Waals surface area (Å²) in [6, 6.07) is 0. The Morgan fingerprint density at radius 3 is 1.94 bits per heavy atom. The normalized spacial score (nSPS) is 15.4. The Morgan fingerprint density at radius 2 is 1.67 bits per heavy atom. The summed E-state index contributed by atoms with van der Waals surface area (Å²) in [6.45, 7) is 8.52. The van der Waals surface area contributed by atoms with Gasteiger partial charge in [0.15, 0.2) is 11.4 Å². The molecule has 0 bridgehead atoms. The van der Waals surface area contributed by atoms with Gasteiger partial charge in [0, 0.05) is 0 Å². The molecule has 0 saturated heterocycles. The first-order chi connectivity index (χ1) is 7.37. The molecule has 8 heteroatoms. The van der Waals surface area contributed by atoms with Crippen molar-refractivity contribution in [3.05, 3.63) is 12.2 Å². The Kier molecular flexibility index (Phi) is 6.40. The average molecular weight is 283 g/mol. The topological polar surface area (TPSA) is 125 Å². The molecular formula is C10H21NO6S. The quantitative estimate of drug-likeness (QED) is 0.688. The predicted octanol–water partition coefficient (Wildman–Crippen LogP) is 0.731. The standard InChI is InChI=1S/C10H18O6S.H3N/c1-7(2)8(11)10(5,12)9(3,4)16-17(13,14)15-6;/h12H,1H2,2-6H3;1H3. The van der Waals surface area contributed by atoms with Crippen LogP contribution in [-0.4, -0.2) is 37.6 Å². The van der Waals surface area contributed by atoms with Gasteiger partial charge in [-0.05, 0) is 33.3 Å². The van der Waals surface area contributed by atoms with Crippen LogP contribution in [0.2, 0.25) is 0 Å². The van der Waals surface area contributed by atoms with Gasteiger partial charge in [-0.2, -0.15) is 8.42 Å². The first-order valence-corrected chi connectivity index (χ1v) is 6.14. The average Bonchev–Trinajstić information content (AvgIpc) is 2.14. The molecular weight excluding hydrogens is 262 g/mol. The molecule has 18 heavy (non-hydrogen) atoms. The summed E-state index contributed by atoms with van der Waals surface area (Å²) < 4.78 is 31.1. The van der Waals surface area contributed by atoms with Crippen molar-refractivity contribution < 1.29 is 26.7 Å². The van der Waals surface area contributed by atoms with Crippen molar-refractivity contribution in [2.45, 2.75) is 38.9 Å². The van der Waals surface area contributed by atoms with Crippen molar-refractivity contribution >= 4 is 16.2 Å². The molecule has 0 aliphatic carbocycles. The fourth-order valence-corrected chi connectivity index (χ4v) is 1.80. The zero-order valence-electron chi connectivity index (χ0n) is 11.3. The molecule has 4 N–H and O–H groups in total. The van der Waals surface area contributed by atoms with Crippen molar-refractivity contribution in [1.29, 1.82) is 0 Å². The van der Waals surface area contributed by atoms with E-state index >= 15 is 0 Å². The first-order valence-electron chi connectivity index (χ1n) is 4.81. The highest BCUT2D eigenvalue weighted by Gasteiger charge is 2.49. The molecule has 0 amide bonds. The number of carbonyl (C=O) groups excluding carboxylic acids is 1. The Bertz CT molecular complexity index is 424. The third kappa shape index (κ3) is 4.14. The van der Waals surface area contributed by atoms with Crippen molar-refractivity contribution in [2.24, 2.45) is 0 Å². The molecule has 7 nitrogen and oxygen atoms in total. The van der Waals surface area contributed by atoms with Crippen LogP contribution in [0.25, 0.3) is 0 Å². The lowest BCUT2D eigenvalue weighted by molar-refractivity contribution is -0.152. The van der Waals surface area contributed by atoms with E-state index in [1.165, 1.54) is 20.8 Å². The van der Waals surface area contributed by atoms with Crippen LogP contribution in [0.4, 0.5) is 0 Å². The highest BCUT2D eigenvalue weighted by atomic mass is 32.3. The molecule has 1 atom stereocenters. The van der Waals surface area contributed by atoms with Crippen LogP contribution in [0.15, 0.2) is 12.2 Å². The van der Waals surface area contributed by atoms with Crippen LogP contribution in [0.1, 0.15) is 27.7 Å². The van der Waals surface area contributed by atoms with Gasteiger partial charge in [0.2, 0.25) is 0 Å². The molecule has 0 rings (SSSR count). The fourth-order valence-electron chi connectivity index (χ4n) is 1.06. The monoisotopic (exact) mass is 283 g/mol. The molecule has 0 saturated carbocycles. The summed E-state index contributed by atoms with van der Waals surface area (Å²) in [5.41, 5.74) is -3.62. The molecule has 0 aromatic carbocycles. The van der Waals surface area contributed by atoms with Gasteiger partial charge in [-0.15, -0.1) is 0 Å². The summed E-state index contributed by atoms with van der Waals surface area (Å²) in [7, 11) is -3.34. The Labute approximate surface area is 108 Å². The van der Waals surface area contributed by atoms with E-state index in [1.54, 1.807) is 0 Å². The highest BCUT2D eigenvalue weighted by molar-refractivity contribution is 7.81. The third-order valence-corrected chi connectivity index (χ3v) is 3.55. The van der Waals surface area contributed by atoms with Gasteiger partial charge in [0.1, 0.15) is 5.60 Å². The summed E-state index contributed by atoms with van der Waals surface area (Å²) in [6.07, 6.45) is 0. The molecule has 0 aromatic rings. The number of rotatable bonds is 6. The van der Waals surface area contributed by atoms with Gasteiger partial charge < -0.3 is 11.3 Å². The van der Waals surface area contributed by atoms with Crippen molar-refractivity contribution in [3.8, 4) is 0 Å². The van der Waals surface area contributed by atoms with Crippen LogP contribution in [-0.2, 0) is 23.6 Å². The molecule has 0 aliphatic heterocycles. The van der Waals surface area contributed by atoms with E-state index in [2.05, 4.69) is 14.9 Å². The predicted molar refractivity (Wildman–Crippen MR) is 66.6 cm³/mol. The summed E-state index contributed by atoms with van der Waals surface area (Å²) in [5.74, 6) is -0.700. The zero-order valence-corrected chi connectivity index (χ0v) is 12.1. The second kappa shape index (κ2) is 5.89. The lowest BCUT2D eigenvalue weighted by Crippen LogP contribution is -2.56. The number of Topliss-reactive ketones (excluding diaryl/α,β-unsaturated/α-hetero) is 1. The Morgan fingerprint density at radius 1 is 1.28 bits per heavy atom. The second-order valence-electron chi connectivity index (χ2n) is 4.35. The third-order valence-electron chi connectivity index (χ3n) is 2.52. The van der Waals surface area contributed by atoms with Gasteiger partial charge >= 0.3 is 10.4 Å². The van der Waals surface area contributed by atoms with E-state index in [0.29, 0.717) is 0 Å². The lowest BCUT2D eigenvalue weighted by Gasteiger charge is -2.37. The van der Waals surface area contributed by atoms with Crippen molar-refractivity contribution in [3.63, 3.8) is 0 Å². The second-order valence-corrected chi connectivity index (χ2v) is 5.67. The highest BCUT2D eigenvalue weighted by Crippen LogP contribution is 2.30. The Hall–Kier alpha value is -0.800. The summed E-state index contributed by atoms with van der Waals surface area (Å²) >= 11 is 0. The maximum absolute atomic E-state index is 11.7. The molecule has 0 radical (unpaired) electrons. The maximum atomic E-state index is 11.7. The van der Waals surface area contributed by atoms with Crippen LogP contribution < -0.4 is 6.15 Å². The molecule has 0 spiro atoms. The number of carbonyl (C=O) groups is 1. The molecule has 108 valence electrons. The van der Waals surface area contributed by atoms with Crippen LogP contribution in [0.5, 0.6) is 0 Å². The number of ketones is 1. The van der Waals surface area contributed by atoms with E-state index in [9.17, 15) is 18.3 Å². The first kappa shape index (κ1) is 19.5. The minimum atomic E-state index is -4.26. The van der Waals surface area contributed by atoms with E-state index < -0.39 is 27.4 Å². The van der Waals surface area contributed by atoms with Crippen LogP contribution in [0, 0.1) is 0 Å². The molecule has 0 aromatic heterocycles. The molecule has 0 fully saturated rings. The molecule has 0 aliphatic rings. The van der Waals surface area contributed by atoms with E-state index in [-0.39, 0.29) is 11.7 Å². The van der Waals surface area contributed by atoms with Crippen LogP contribution >= 0.6 is 0 Å². The zero-order chi connectivity index (χ0) is 14.1. The van der Waals surface area contributed by atoms with Gasteiger partial charge in [-0.25, -0.2) is 4.18 Å². The van der Waals surface area contributed by atoms with Crippen molar-refractivity contribution in [1.82, 2.24) is 6.15 Å². The van der Waals surface area contributed by atoms with E-state index in [1.807, 2.05) is 0 Å². The number of aliphatic hydroxyl groups is 1. The number of hydrogen-bond donors (Lipinski definition) is 2. The van der Waals surface area contributed by atoms with Crippen LogP contribution in [0.3, 0.4) is 0 Å². The van der Waals surface area contributed by atoms with Gasteiger partial charge in [0.05, 0.1) is 7.11 Å². The van der Waals surface area contributed by atoms with Crippen molar-refractivity contribution in [2.75, 3.05) is 7.11 Å². The number of hydrogen-bond acceptors (Lipinski definition) is 7. The molecule has 1 unspecified atom stereocenters. The smallest absolute Gasteiger partial charge is 0.379 e. The maximum Gasteiger partial charge on any atom is 0.400 e. The SMILES string of the molecule is C=C(C)C(=O)C(C)(O)C(C)(C)OS(=O)(=O)OC.N. The minimum absolute atomic E-state index is 0. The largest absolute Gasteiger partial charge is 0.400 e. The fraction of sp³-hybridized carbons (Fsp3) is 0.700. The van der Waals surface area contributed by atoms with E-state index in [0.717, 1.165) is 14.0 Å². The van der Waals surface area contributed by atoms with E-state index in [4.69, 9.17) is 0 Å². The van der Waals surface area contributed by atoms with Gasteiger partial charge in [0.25, 0.3) is 0 Å². The summed E-state index contributed by atoms with van der Waals surface area (Å²) in [4.78, 5) is 11.7. The minimum Gasteiger partial charge on any atom is -0.379 e. The lowest BCUT2D eigenvalue weighted by atomic mass is 9.82. The van der Waals surface area contributed by atoms with Gasteiger partial charge in [-0.1, -0.05) is 6.58 Å². The summed E-state index contributed by atoms with van der Waals surface area (Å²) in [5, 5.41) is 10.1. The molecule has 0 heterocycles. The Balaban J connectivity index is 0. The van der Waals surface area contributed by atoms with Gasteiger partial charge in [-0.3, -0.25) is 8.98 Å².